The molecule has 1 aliphatic rings. The maximum Gasteiger partial charge on any atom is 0.306 e. The summed E-state index contributed by atoms with van der Waals surface area (Å²) >= 11 is 3.42. The maximum absolute atomic E-state index is 13.3. The van der Waals surface area contributed by atoms with E-state index in [9.17, 15) is 14.3 Å². The molecule has 0 spiro atoms. The van der Waals surface area contributed by atoms with E-state index in [2.05, 4.69) is 15.9 Å². The van der Waals surface area contributed by atoms with Crippen LogP contribution in [0.1, 0.15) is 37.7 Å². The van der Waals surface area contributed by atoms with Crippen LogP contribution in [0, 0.1) is 17.7 Å². The summed E-state index contributed by atoms with van der Waals surface area (Å²) in [6.07, 6.45) is 5.45. The number of rotatable bonds is 3. The third-order valence-corrected chi connectivity index (χ3v) is 4.74. The number of carboxylic acids is 1. The predicted molar refractivity (Wildman–Crippen MR) is 75.5 cm³/mol. The summed E-state index contributed by atoms with van der Waals surface area (Å²) in [6.45, 7) is 0. The van der Waals surface area contributed by atoms with E-state index in [1.54, 1.807) is 6.07 Å². The Morgan fingerprint density at radius 1 is 1.32 bits per heavy atom. The number of halogens is 2. The van der Waals surface area contributed by atoms with Crippen molar-refractivity contribution in [2.24, 2.45) is 11.8 Å². The molecular formula is C15H18BrFO2. The molecule has 104 valence electrons. The summed E-state index contributed by atoms with van der Waals surface area (Å²) in [5.74, 6) is -1.16. The fourth-order valence-electron chi connectivity index (χ4n) is 2.94. The van der Waals surface area contributed by atoms with Crippen LogP contribution in [-0.4, -0.2) is 11.1 Å². The topological polar surface area (TPSA) is 37.3 Å². The average molecular weight is 329 g/mol. The second kappa shape index (κ2) is 6.51. The van der Waals surface area contributed by atoms with Crippen LogP contribution < -0.4 is 0 Å². The highest BCUT2D eigenvalue weighted by Gasteiger charge is 2.29. The molecule has 1 saturated carbocycles. The Labute approximate surface area is 121 Å². The molecule has 1 aromatic rings. The molecule has 2 atom stereocenters. The molecule has 2 unspecified atom stereocenters. The second-order valence-electron chi connectivity index (χ2n) is 5.28. The molecule has 0 saturated heterocycles. The van der Waals surface area contributed by atoms with E-state index < -0.39 is 5.97 Å². The normalized spacial score (nSPS) is 23.9. The van der Waals surface area contributed by atoms with Crippen molar-refractivity contribution in [1.82, 2.24) is 0 Å². The standard InChI is InChI=1S/C15H18BrFO2/c16-14-7-6-12(17)9-11(14)8-10-4-2-1-3-5-13(10)15(18)19/h6-7,9-10,13H,1-5,8H2,(H,18,19). The van der Waals surface area contributed by atoms with Crippen LogP contribution in [0.15, 0.2) is 22.7 Å². The first-order chi connectivity index (χ1) is 9.08. The Morgan fingerprint density at radius 2 is 2.05 bits per heavy atom. The first-order valence-corrected chi connectivity index (χ1v) is 7.54. The monoisotopic (exact) mass is 328 g/mol. The van der Waals surface area contributed by atoms with E-state index >= 15 is 0 Å². The van der Waals surface area contributed by atoms with Gasteiger partial charge < -0.3 is 5.11 Å². The van der Waals surface area contributed by atoms with Crippen molar-refractivity contribution in [3.05, 3.63) is 34.1 Å². The van der Waals surface area contributed by atoms with Crippen molar-refractivity contribution in [2.45, 2.75) is 38.5 Å². The summed E-state index contributed by atoms with van der Waals surface area (Å²) in [5, 5.41) is 9.35. The van der Waals surface area contributed by atoms with E-state index in [1.807, 2.05) is 0 Å². The highest BCUT2D eigenvalue weighted by molar-refractivity contribution is 9.10. The Balaban J connectivity index is 2.18. The van der Waals surface area contributed by atoms with Crippen LogP contribution in [0.5, 0.6) is 0 Å². The summed E-state index contributed by atoms with van der Waals surface area (Å²) in [7, 11) is 0. The largest absolute Gasteiger partial charge is 0.481 e. The molecule has 0 aromatic heterocycles. The molecule has 1 N–H and O–H groups in total. The lowest BCUT2D eigenvalue weighted by molar-refractivity contribution is -0.143. The molecule has 0 heterocycles. The van der Waals surface area contributed by atoms with Gasteiger partial charge in [0.25, 0.3) is 0 Å². The molecule has 0 radical (unpaired) electrons. The summed E-state index contributed by atoms with van der Waals surface area (Å²) in [5.41, 5.74) is 0.873. The summed E-state index contributed by atoms with van der Waals surface area (Å²) in [4.78, 5) is 11.4. The molecule has 0 amide bonds. The van der Waals surface area contributed by atoms with Gasteiger partial charge in [0.15, 0.2) is 0 Å². The number of aliphatic carboxylic acids is 1. The molecule has 4 heteroatoms. The molecule has 0 bridgehead atoms. The fourth-order valence-corrected chi connectivity index (χ4v) is 3.34. The lowest BCUT2D eigenvalue weighted by Gasteiger charge is -2.22. The minimum absolute atomic E-state index is 0.109. The van der Waals surface area contributed by atoms with E-state index in [-0.39, 0.29) is 17.7 Å². The third kappa shape index (κ3) is 3.78. The van der Waals surface area contributed by atoms with Gasteiger partial charge in [0.05, 0.1) is 5.92 Å². The SMILES string of the molecule is O=C(O)C1CCCCCC1Cc1cc(F)ccc1Br. The van der Waals surface area contributed by atoms with Crippen molar-refractivity contribution >= 4 is 21.9 Å². The first kappa shape index (κ1) is 14.5. The third-order valence-electron chi connectivity index (χ3n) is 3.97. The minimum atomic E-state index is -0.709. The number of carbonyl (C=O) groups is 1. The van der Waals surface area contributed by atoms with Gasteiger partial charge in [-0.15, -0.1) is 0 Å². The molecule has 1 aliphatic carbocycles. The van der Waals surface area contributed by atoms with E-state index in [4.69, 9.17) is 0 Å². The number of carboxylic acid groups (broad SMARTS) is 1. The zero-order chi connectivity index (χ0) is 13.8. The molecular weight excluding hydrogens is 311 g/mol. The Hall–Kier alpha value is -0.900. The van der Waals surface area contributed by atoms with Gasteiger partial charge in [0, 0.05) is 4.47 Å². The highest BCUT2D eigenvalue weighted by atomic mass is 79.9. The van der Waals surface area contributed by atoms with Crippen LogP contribution in [0.2, 0.25) is 0 Å². The first-order valence-electron chi connectivity index (χ1n) is 6.74. The van der Waals surface area contributed by atoms with Gasteiger partial charge in [0.2, 0.25) is 0 Å². The number of hydrogen-bond acceptors (Lipinski definition) is 1. The lowest BCUT2D eigenvalue weighted by atomic mass is 9.83. The number of benzene rings is 1. The van der Waals surface area contributed by atoms with Crippen molar-refractivity contribution < 1.29 is 14.3 Å². The molecule has 2 rings (SSSR count). The predicted octanol–water partition coefficient (Wildman–Crippen LogP) is 4.41. The zero-order valence-electron chi connectivity index (χ0n) is 10.7. The molecule has 1 aromatic carbocycles. The van der Waals surface area contributed by atoms with Gasteiger partial charge >= 0.3 is 5.97 Å². The van der Waals surface area contributed by atoms with Crippen molar-refractivity contribution in [3.63, 3.8) is 0 Å². The lowest BCUT2D eigenvalue weighted by Crippen LogP contribution is -2.24. The van der Waals surface area contributed by atoms with Gasteiger partial charge in [-0.25, -0.2) is 4.39 Å². The van der Waals surface area contributed by atoms with Crippen molar-refractivity contribution in [3.8, 4) is 0 Å². The quantitative estimate of drug-likeness (QED) is 0.834. The molecule has 0 aliphatic heterocycles. The minimum Gasteiger partial charge on any atom is -0.481 e. The van der Waals surface area contributed by atoms with Crippen LogP contribution in [0.4, 0.5) is 4.39 Å². The Kier molecular flexibility index (Phi) is 4.97. The van der Waals surface area contributed by atoms with E-state index in [0.717, 1.165) is 42.1 Å². The van der Waals surface area contributed by atoms with Gasteiger partial charge in [-0.1, -0.05) is 35.2 Å². The number of hydrogen-bond donors (Lipinski definition) is 1. The van der Waals surface area contributed by atoms with Crippen molar-refractivity contribution in [2.75, 3.05) is 0 Å². The van der Waals surface area contributed by atoms with Gasteiger partial charge in [-0.2, -0.15) is 0 Å². The van der Waals surface area contributed by atoms with E-state index in [0.29, 0.717) is 6.42 Å². The van der Waals surface area contributed by atoms with Crippen LogP contribution in [0.3, 0.4) is 0 Å². The fraction of sp³-hybridized carbons (Fsp3) is 0.533. The Bertz CT molecular complexity index is 461. The van der Waals surface area contributed by atoms with Gasteiger partial charge in [-0.3, -0.25) is 4.79 Å². The maximum atomic E-state index is 13.3. The second-order valence-corrected chi connectivity index (χ2v) is 6.14. The molecule has 2 nitrogen and oxygen atoms in total. The van der Waals surface area contributed by atoms with Crippen molar-refractivity contribution in [1.29, 1.82) is 0 Å². The summed E-state index contributed by atoms with van der Waals surface area (Å²) in [6, 6.07) is 4.61. The van der Waals surface area contributed by atoms with E-state index in [1.165, 1.54) is 12.1 Å². The Morgan fingerprint density at radius 3 is 2.79 bits per heavy atom. The van der Waals surface area contributed by atoms with Gasteiger partial charge in [-0.05, 0) is 48.9 Å². The summed E-state index contributed by atoms with van der Waals surface area (Å²) < 4.78 is 14.2. The van der Waals surface area contributed by atoms with Gasteiger partial charge in [0.1, 0.15) is 5.82 Å². The molecule has 1 fully saturated rings. The highest BCUT2D eigenvalue weighted by Crippen LogP contribution is 2.33. The molecule has 19 heavy (non-hydrogen) atoms. The van der Waals surface area contributed by atoms with Crippen LogP contribution in [0.25, 0.3) is 0 Å². The van der Waals surface area contributed by atoms with Crippen LogP contribution in [-0.2, 0) is 11.2 Å². The average Bonchev–Trinajstić information content (AvgIpc) is 2.59. The smallest absolute Gasteiger partial charge is 0.306 e. The van der Waals surface area contributed by atoms with Crippen LogP contribution >= 0.6 is 15.9 Å². The zero-order valence-corrected chi connectivity index (χ0v) is 12.3.